The summed E-state index contributed by atoms with van der Waals surface area (Å²) in [5.41, 5.74) is 3.18. The summed E-state index contributed by atoms with van der Waals surface area (Å²) < 4.78 is 0. The van der Waals surface area contributed by atoms with Gasteiger partial charge < -0.3 is 0 Å². The summed E-state index contributed by atoms with van der Waals surface area (Å²) in [6, 6.07) is 14.8. The lowest BCUT2D eigenvalue weighted by Gasteiger charge is -2.02. The number of benzene rings is 2. The molecule has 16 heavy (non-hydrogen) atoms. The lowest BCUT2D eigenvalue weighted by atomic mass is 10.0. The smallest absolute Gasteiger partial charge is 0.187 e. The Bertz CT molecular complexity index is 545. The van der Waals surface area contributed by atoms with E-state index in [1.54, 1.807) is 12.1 Å². The summed E-state index contributed by atoms with van der Waals surface area (Å²) >= 11 is 0. The van der Waals surface area contributed by atoms with Gasteiger partial charge >= 0.3 is 0 Å². The molecule has 2 rings (SSSR count). The molecule has 0 heterocycles. The van der Waals surface area contributed by atoms with Crippen LogP contribution in [0.2, 0.25) is 0 Å². The zero-order valence-corrected chi connectivity index (χ0v) is 8.51. The fourth-order valence-corrected chi connectivity index (χ4v) is 1.51. The normalized spacial score (nSPS) is 9.12. The van der Waals surface area contributed by atoms with Crippen LogP contribution in [0.25, 0.3) is 20.8 Å². The van der Waals surface area contributed by atoms with Crippen molar-refractivity contribution in [1.29, 1.82) is 0 Å². The quantitative estimate of drug-likeness (QED) is 0.606. The lowest BCUT2D eigenvalue weighted by Crippen LogP contribution is -1.75. The summed E-state index contributed by atoms with van der Waals surface area (Å²) in [7, 11) is 0. The van der Waals surface area contributed by atoms with Crippen LogP contribution in [0, 0.1) is 13.1 Å². The van der Waals surface area contributed by atoms with Crippen molar-refractivity contribution in [3.05, 3.63) is 71.4 Å². The second kappa shape index (κ2) is 4.29. The van der Waals surface area contributed by atoms with Crippen LogP contribution in [-0.2, 0) is 0 Å². The molecule has 2 aromatic rings. The largest absolute Gasteiger partial charge is 0.238 e. The molecule has 0 atom stereocenters. The molecule has 0 saturated heterocycles. The lowest BCUT2D eigenvalue weighted by molar-refractivity contribution is 1.63. The van der Waals surface area contributed by atoms with Crippen LogP contribution in [-0.4, -0.2) is 0 Å². The van der Waals surface area contributed by atoms with Gasteiger partial charge in [-0.1, -0.05) is 36.4 Å². The Morgan fingerprint density at radius 1 is 0.688 bits per heavy atom. The molecule has 74 valence electrons. The van der Waals surface area contributed by atoms with Crippen LogP contribution < -0.4 is 0 Å². The Labute approximate surface area is 94.4 Å². The molecule has 0 spiro atoms. The van der Waals surface area contributed by atoms with Crippen LogP contribution in [0.4, 0.5) is 11.4 Å². The van der Waals surface area contributed by atoms with Crippen molar-refractivity contribution in [2.45, 2.75) is 0 Å². The number of rotatable bonds is 1. The molecule has 0 fully saturated rings. The number of hydrogen-bond acceptors (Lipinski definition) is 0. The number of nitrogens with zero attached hydrogens (tertiary/aromatic N) is 2. The zero-order valence-electron chi connectivity index (χ0n) is 8.51. The van der Waals surface area contributed by atoms with Gasteiger partial charge in [-0.2, -0.15) is 0 Å². The van der Waals surface area contributed by atoms with Crippen LogP contribution in [0.1, 0.15) is 0 Å². The molecule has 2 heteroatoms. The van der Waals surface area contributed by atoms with E-state index in [2.05, 4.69) is 9.69 Å². The van der Waals surface area contributed by atoms with Crippen molar-refractivity contribution >= 4 is 11.4 Å². The molecule has 0 aromatic heterocycles. The molecule has 0 aliphatic carbocycles. The molecule has 0 saturated carbocycles. The highest BCUT2D eigenvalue weighted by molar-refractivity contribution is 5.71. The summed E-state index contributed by atoms with van der Waals surface area (Å²) in [6.07, 6.45) is 0. The zero-order chi connectivity index (χ0) is 11.4. The van der Waals surface area contributed by atoms with E-state index >= 15 is 0 Å². The first kappa shape index (κ1) is 9.96. The molecule has 0 aliphatic heterocycles. The third-order valence-electron chi connectivity index (χ3n) is 2.28. The minimum atomic E-state index is 0.616. The molecule has 0 amide bonds. The first-order chi connectivity index (χ1) is 7.83. The highest BCUT2D eigenvalue weighted by atomic mass is 14.6. The molecule has 0 aliphatic rings. The van der Waals surface area contributed by atoms with Crippen molar-refractivity contribution in [3.8, 4) is 11.1 Å². The van der Waals surface area contributed by atoms with E-state index < -0.39 is 0 Å². The summed E-state index contributed by atoms with van der Waals surface area (Å²) in [6.45, 7) is 13.9. The SMILES string of the molecule is [C-]#[N+]c1cccc(-c2cccc([N+]#[C-])c2)c1. The Kier molecular flexibility index (Phi) is 2.67. The van der Waals surface area contributed by atoms with Crippen molar-refractivity contribution in [3.63, 3.8) is 0 Å². The van der Waals surface area contributed by atoms with E-state index in [-0.39, 0.29) is 0 Å². The van der Waals surface area contributed by atoms with Crippen molar-refractivity contribution in [2.75, 3.05) is 0 Å². The van der Waals surface area contributed by atoms with Crippen molar-refractivity contribution < 1.29 is 0 Å². The van der Waals surface area contributed by atoms with Gasteiger partial charge in [0.05, 0.1) is 13.1 Å². The molecule has 2 aromatic carbocycles. The molecular formula is C14H8N2. The van der Waals surface area contributed by atoms with Gasteiger partial charge in [-0.3, -0.25) is 0 Å². The molecule has 0 bridgehead atoms. The minimum absolute atomic E-state index is 0.616. The Morgan fingerprint density at radius 3 is 1.50 bits per heavy atom. The molecule has 0 radical (unpaired) electrons. The van der Waals surface area contributed by atoms with E-state index in [0.29, 0.717) is 11.4 Å². The van der Waals surface area contributed by atoms with E-state index in [0.717, 1.165) is 11.1 Å². The summed E-state index contributed by atoms with van der Waals surface area (Å²) in [5, 5.41) is 0. The van der Waals surface area contributed by atoms with E-state index in [1.807, 2.05) is 36.4 Å². The predicted octanol–water partition coefficient (Wildman–Crippen LogP) is 4.46. The van der Waals surface area contributed by atoms with Gasteiger partial charge in [-0.05, 0) is 23.3 Å². The second-order valence-electron chi connectivity index (χ2n) is 3.32. The standard InChI is InChI=1S/C14H8N2/c1-15-13-7-3-5-11(9-13)12-6-4-8-14(10-12)16-2/h3-10H. The maximum Gasteiger partial charge on any atom is 0.187 e. The Hall–Kier alpha value is -2.58. The van der Waals surface area contributed by atoms with Gasteiger partial charge in [0.2, 0.25) is 0 Å². The van der Waals surface area contributed by atoms with Crippen LogP contribution in [0.5, 0.6) is 0 Å². The highest BCUT2D eigenvalue weighted by Crippen LogP contribution is 2.26. The summed E-state index contributed by atoms with van der Waals surface area (Å²) in [5.74, 6) is 0. The topological polar surface area (TPSA) is 8.72 Å². The van der Waals surface area contributed by atoms with Crippen LogP contribution >= 0.6 is 0 Å². The van der Waals surface area contributed by atoms with Gasteiger partial charge in [-0.15, -0.1) is 0 Å². The minimum Gasteiger partial charge on any atom is -0.238 e. The van der Waals surface area contributed by atoms with E-state index in [9.17, 15) is 0 Å². The third-order valence-corrected chi connectivity index (χ3v) is 2.28. The molecule has 0 N–H and O–H groups in total. The summed E-state index contributed by atoms with van der Waals surface area (Å²) in [4.78, 5) is 6.78. The van der Waals surface area contributed by atoms with Gasteiger partial charge in [0.15, 0.2) is 11.4 Å². The highest BCUT2D eigenvalue weighted by Gasteiger charge is 1.99. The van der Waals surface area contributed by atoms with Crippen LogP contribution in [0.15, 0.2) is 48.5 Å². The van der Waals surface area contributed by atoms with Crippen molar-refractivity contribution in [1.82, 2.24) is 0 Å². The van der Waals surface area contributed by atoms with Gasteiger partial charge in [0.1, 0.15) is 0 Å². The Balaban J connectivity index is 2.51. The molecule has 0 unspecified atom stereocenters. The molecule has 2 nitrogen and oxygen atoms in total. The fourth-order valence-electron chi connectivity index (χ4n) is 1.51. The maximum absolute atomic E-state index is 6.96. The molecular weight excluding hydrogens is 196 g/mol. The Morgan fingerprint density at radius 2 is 1.12 bits per heavy atom. The second-order valence-corrected chi connectivity index (χ2v) is 3.32. The predicted molar refractivity (Wildman–Crippen MR) is 64.4 cm³/mol. The third kappa shape index (κ3) is 1.92. The first-order valence-electron chi connectivity index (χ1n) is 4.79. The maximum atomic E-state index is 6.96. The van der Waals surface area contributed by atoms with Crippen molar-refractivity contribution in [2.24, 2.45) is 0 Å². The van der Waals surface area contributed by atoms with E-state index in [1.165, 1.54) is 0 Å². The monoisotopic (exact) mass is 204 g/mol. The fraction of sp³-hybridized carbons (Fsp3) is 0. The van der Waals surface area contributed by atoms with Gasteiger partial charge in [0, 0.05) is 0 Å². The first-order valence-corrected chi connectivity index (χ1v) is 4.79. The van der Waals surface area contributed by atoms with E-state index in [4.69, 9.17) is 13.1 Å². The van der Waals surface area contributed by atoms with Gasteiger partial charge in [-0.25, -0.2) is 9.69 Å². The number of hydrogen-bond donors (Lipinski definition) is 0. The van der Waals surface area contributed by atoms with Gasteiger partial charge in [0.25, 0.3) is 0 Å². The average Bonchev–Trinajstić information content (AvgIpc) is 2.39. The van der Waals surface area contributed by atoms with Crippen LogP contribution in [0.3, 0.4) is 0 Å². The average molecular weight is 204 g/mol.